The van der Waals surface area contributed by atoms with E-state index in [-0.39, 0.29) is 11.9 Å². The third kappa shape index (κ3) is 20.7. The van der Waals surface area contributed by atoms with Crippen molar-refractivity contribution in [2.75, 3.05) is 6.61 Å². The minimum atomic E-state index is 0.0200. The van der Waals surface area contributed by atoms with Gasteiger partial charge in [-0.15, -0.1) is 0 Å². The molecule has 0 aliphatic heterocycles. The minimum Gasteiger partial charge on any atom is -0.465 e. The molecule has 0 aromatic rings. The summed E-state index contributed by atoms with van der Waals surface area (Å²) in [4.78, 5) is 12.1. The number of unbranched alkanes of at least 4 members (excludes halogenated alkanes) is 15. The molecule has 0 spiro atoms. The molecule has 2 nitrogen and oxygen atoms in total. The van der Waals surface area contributed by atoms with Gasteiger partial charge in [0.25, 0.3) is 0 Å². The van der Waals surface area contributed by atoms with Gasteiger partial charge < -0.3 is 4.74 Å². The number of ether oxygens (including phenoxy) is 1. The van der Waals surface area contributed by atoms with Crippen LogP contribution in [0.25, 0.3) is 0 Å². The predicted molar refractivity (Wildman–Crippen MR) is 133 cm³/mol. The fraction of sp³-hybridized carbons (Fsp3) is 0.964. The van der Waals surface area contributed by atoms with Crippen molar-refractivity contribution >= 4 is 5.97 Å². The second kappa shape index (κ2) is 23.1. The summed E-state index contributed by atoms with van der Waals surface area (Å²) in [6.45, 7) is 9.53. The molecule has 0 amide bonds. The number of esters is 1. The fourth-order valence-corrected chi connectivity index (χ4v) is 4.05. The lowest BCUT2D eigenvalue weighted by Gasteiger charge is -2.12. The van der Waals surface area contributed by atoms with Gasteiger partial charge in [-0.05, 0) is 18.8 Å². The largest absolute Gasteiger partial charge is 0.465 e. The highest BCUT2D eigenvalue weighted by molar-refractivity contribution is 5.71. The first-order valence-corrected chi connectivity index (χ1v) is 13.8. The summed E-state index contributed by atoms with van der Waals surface area (Å²) in [5.74, 6) is 0.935. The van der Waals surface area contributed by atoms with E-state index in [9.17, 15) is 4.79 Å². The van der Waals surface area contributed by atoms with Gasteiger partial charge in [0.05, 0.1) is 12.5 Å². The SMILES string of the molecule is CCCCCCCCCCCCCCCCOC(=O)C(C)CCCCCC(C)CC. The average molecular weight is 425 g/mol. The van der Waals surface area contributed by atoms with Crippen LogP contribution in [0.2, 0.25) is 0 Å². The number of rotatable bonds is 23. The minimum absolute atomic E-state index is 0.0200. The van der Waals surface area contributed by atoms with Crippen LogP contribution in [0, 0.1) is 11.8 Å². The summed E-state index contributed by atoms with van der Waals surface area (Å²) in [5, 5.41) is 0. The van der Waals surface area contributed by atoms with Crippen LogP contribution in [0.4, 0.5) is 0 Å². The Bertz CT molecular complexity index is 353. The van der Waals surface area contributed by atoms with Gasteiger partial charge in [-0.3, -0.25) is 4.79 Å². The molecular weight excluding hydrogens is 368 g/mol. The molecule has 0 aliphatic rings. The molecule has 0 radical (unpaired) electrons. The maximum atomic E-state index is 12.1. The second-order valence-electron chi connectivity index (χ2n) is 9.82. The standard InChI is InChI=1S/C28H56O2/c1-5-7-8-9-10-11-12-13-14-15-16-17-18-22-25-30-28(29)27(4)24-21-19-20-23-26(3)6-2/h26-27H,5-25H2,1-4H3. The van der Waals surface area contributed by atoms with Crippen molar-refractivity contribution in [2.45, 2.75) is 156 Å². The summed E-state index contributed by atoms with van der Waals surface area (Å²) in [6, 6.07) is 0. The van der Waals surface area contributed by atoms with E-state index in [4.69, 9.17) is 4.74 Å². The fourth-order valence-electron chi connectivity index (χ4n) is 4.05. The van der Waals surface area contributed by atoms with Gasteiger partial charge in [0.15, 0.2) is 0 Å². The van der Waals surface area contributed by atoms with Gasteiger partial charge in [-0.2, -0.15) is 0 Å². The summed E-state index contributed by atoms with van der Waals surface area (Å²) < 4.78 is 5.48. The van der Waals surface area contributed by atoms with Gasteiger partial charge in [-0.1, -0.05) is 143 Å². The van der Waals surface area contributed by atoms with Crippen LogP contribution in [0.1, 0.15) is 156 Å². The summed E-state index contributed by atoms with van der Waals surface area (Å²) in [7, 11) is 0. The van der Waals surface area contributed by atoms with Crippen molar-refractivity contribution in [2.24, 2.45) is 11.8 Å². The summed E-state index contributed by atoms with van der Waals surface area (Å²) in [6.07, 6.45) is 26.3. The van der Waals surface area contributed by atoms with Gasteiger partial charge in [0.2, 0.25) is 0 Å². The Hall–Kier alpha value is -0.530. The number of hydrogen-bond donors (Lipinski definition) is 0. The summed E-state index contributed by atoms with van der Waals surface area (Å²) in [5.41, 5.74) is 0. The first kappa shape index (κ1) is 29.5. The molecule has 0 saturated heterocycles. The molecule has 0 heterocycles. The molecular formula is C28H56O2. The smallest absolute Gasteiger partial charge is 0.308 e. The molecule has 180 valence electrons. The van der Waals surface area contributed by atoms with Crippen LogP contribution >= 0.6 is 0 Å². The Morgan fingerprint density at radius 1 is 0.600 bits per heavy atom. The van der Waals surface area contributed by atoms with E-state index >= 15 is 0 Å². The van der Waals surface area contributed by atoms with E-state index in [2.05, 4.69) is 20.8 Å². The molecule has 0 aromatic heterocycles. The highest BCUT2D eigenvalue weighted by atomic mass is 16.5. The number of hydrogen-bond acceptors (Lipinski definition) is 2. The molecule has 0 bridgehead atoms. The molecule has 0 aromatic carbocycles. The molecule has 0 saturated carbocycles. The Morgan fingerprint density at radius 3 is 1.53 bits per heavy atom. The van der Waals surface area contributed by atoms with Gasteiger partial charge in [-0.25, -0.2) is 0 Å². The third-order valence-electron chi connectivity index (χ3n) is 6.68. The molecule has 0 N–H and O–H groups in total. The average Bonchev–Trinajstić information content (AvgIpc) is 2.75. The number of carbonyl (C=O) groups is 1. The van der Waals surface area contributed by atoms with Gasteiger partial charge in [0, 0.05) is 0 Å². The van der Waals surface area contributed by atoms with Crippen molar-refractivity contribution in [3.05, 3.63) is 0 Å². The molecule has 2 heteroatoms. The normalized spacial score (nSPS) is 13.3. The topological polar surface area (TPSA) is 26.3 Å². The van der Waals surface area contributed by atoms with E-state index in [0.717, 1.165) is 25.2 Å². The van der Waals surface area contributed by atoms with Gasteiger partial charge in [0.1, 0.15) is 0 Å². The molecule has 0 aliphatic carbocycles. The van der Waals surface area contributed by atoms with Crippen molar-refractivity contribution in [1.29, 1.82) is 0 Å². The van der Waals surface area contributed by atoms with Gasteiger partial charge >= 0.3 is 5.97 Å². The van der Waals surface area contributed by atoms with Crippen LogP contribution in [-0.4, -0.2) is 12.6 Å². The van der Waals surface area contributed by atoms with Crippen LogP contribution < -0.4 is 0 Å². The molecule has 0 rings (SSSR count). The van der Waals surface area contributed by atoms with E-state index in [1.165, 1.54) is 109 Å². The Morgan fingerprint density at radius 2 is 1.03 bits per heavy atom. The van der Waals surface area contributed by atoms with Crippen LogP contribution in [-0.2, 0) is 9.53 Å². The summed E-state index contributed by atoms with van der Waals surface area (Å²) >= 11 is 0. The van der Waals surface area contributed by atoms with E-state index in [1.54, 1.807) is 0 Å². The Labute approximate surface area is 190 Å². The van der Waals surface area contributed by atoms with Crippen molar-refractivity contribution in [3.63, 3.8) is 0 Å². The zero-order chi connectivity index (χ0) is 22.3. The zero-order valence-electron chi connectivity index (χ0n) is 21.3. The lowest BCUT2D eigenvalue weighted by molar-refractivity contribution is -0.148. The van der Waals surface area contributed by atoms with E-state index in [0.29, 0.717) is 6.61 Å². The predicted octanol–water partition coefficient (Wildman–Crippen LogP) is 9.64. The quantitative estimate of drug-likeness (QED) is 0.120. The third-order valence-corrected chi connectivity index (χ3v) is 6.68. The van der Waals surface area contributed by atoms with Crippen molar-refractivity contribution in [3.8, 4) is 0 Å². The Balaban J connectivity index is 3.30. The highest BCUT2D eigenvalue weighted by Crippen LogP contribution is 2.17. The molecule has 2 unspecified atom stereocenters. The molecule has 0 fully saturated rings. The van der Waals surface area contributed by atoms with Crippen LogP contribution in [0.15, 0.2) is 0 Å². The molecule has 30 heavy (non-hydrogen) atoms. The second-order valence-corrected chi connectivity index (χ2v) is 9.82. The van der Waals surface area contributed by atoms with Crippen LogP contribution in [0.3, 0.4) is 0 Å². The maximum Gasteiger partial charge on any atom is 0.308 e. The van der Waals surface area contributed by atoms with E-state index < -0.39 is 0 Å². The van der Waals surface area contributed by atoms with E-state index in [1.807, 2.05) is 6.92 Å². The maximum absolute atomic E-state index is 12.1. The van der Waals surface area contributed by atoms with Crippen molar-refractivity contribution in [1.82, 2.24) is 0 Å². The lowest BCUT2D eigenvalue weighted by Crippen LogP contribution is -2.15. The highest BCUT2D eigenvalue weighted by Gasteiger charge is 2.13. The monoisotopic (exact) mass is 424 g/mol. The first-order chi connectivity index (χ1) is 14.6. The van der Waals surface area contributed by atoms with Crippen molar-refractivity contribution < 1.29 is 9.53 Å². The lowest BCUT2D eigenvalue weighted by atomic mass is 9.98. The Kier molecular flexibility index (Phi) is 22.7. The number of carbonyl (C=O) groups excluding carboxylic acids is 1. The molecule has 2 atom stereocenters. The first-order valence-electron chi connectivity index (χ1n) is 13.8. The zero-order valence-corrected chi connectivity index (χ0v) is 21.3. The van der Waals surface area contributed by atoms with Crippen LogP contribution in [0.5, 0.6) is 0 Å².